The van der Waals surface area contributed by atoms with E-state index in [1.54, 1.807) is 0 Å². The predicted octanol–water partition coefficient (Wildman–Crippen LogP) is 5.06. The maximum absolute atomic E-state index is 3.12. The topological polar surface area (TPSA) is 0 Å². The van der Waals surface area contributed by atoms with E-state index in [2.05, 4.69) is 18.9 Å². The molecule has 0 radical (unpaired) electrons. The third-order valence-corrected chi connectivity index (χ3v) is 0. The minimum Gasteiger partial charge on any atom is -0.137 e. The molecule has 0 aromatic heterocycles. The molecule has 0 saturated heterocycles. The first-order chi connectivity index (χ1) is 5.41. The average Bonchev–Trinajstić information content (AvgIpc) is 2.18. The van der Waals surface area contributed by atoms with E-state index in [1.165, 1.54) is 0 Å². The molecule has 0 amide bonds. The lowest BCUT2D eigenvalue weighted by Crippen LogP contribution is -0.856. The standard InChI is InChI=1S/C3H4.4C2H6/c1-3-2;4*1-2/h1-2H2;4*1-2H3. The van der Waals surface area contributed by atoms with E-state index in [0.29, 0.717) is 0 Å². The Labute approximate surface area is 75.0 Å². The summed E-state index contributed by atoms with van der Waals surface area (Å²) in [6.07, 6.45) is 0. The van der Waals surface area contributed by atoms with Crippen molar-refractivity contribution in [1.82, 2.24) is 0 Å². The lowest BCUT2D eigenvalue weighted by molar-refractivity contribution is 1.50. The summed E-state index contributed by atoms with van der Waals surface area (Å²) in [6.45, 7) is 22.2. The SMILES string of the molecule is C=C=C.CC.CC.CC.CC. The van der Waals surface area contributed by atoms with Gasteiger partial charge in [0.1, 0.15) is 0 Å². The highest BCUT2D eigenvalue weighted by molar-refractivity contribution is 4.51. The average molecular weight is 160 g/mol. The van der Waals surface area contributed by atoms with E-state index in [9.17, 15) is 0 Å². The lowest BCUT2D eigenvalue weighted by atomic mass is 11.0. The quantitative estimate of drug-likeness (QED) is 0.434. The smallest absolute Gasteiger partial charge is 0.0572 e. The van der Waals surface area contributed by atoms with E-state index in [0.717, 1.165) is 0 Å². The molecule has 0 spiro atoms. The first-order valence-electron chi connectivity index (χ1n) is 4.71. The maximum Gasteiger partial charge on any atom is -0.0572 e. The Hall–Kier alpha value is -0.480. The second-order valence-electron chi connectivity index (χ2n) is 0.250. The Morgan fingerprint density at radius 3 is 0.545 bits per heavy atom. The molecule has 0 atom stereocenters. The second kappa shape index (κ2) is 2560. The molecule has 0 heteroatoms. The highest BCUT2D eigenvalue weighted by atomic mass is 13.0. The molecule has 0 unspecified atom stereocenters. The Morgan fingerprint density at radius 1 is 0.545 bits per heavy atom. The monoisotopic (exact) mass is 160 g/mol. The highest BCUT2D eigenvalue weighted by Crippen LogP contribution is 1.16. The molecular formula is C11H28. The van der Waals surface area contributed by atoms with Crippen LogP contribution in [0.1, 0.15) is 55.4 Å². The van der Waals surface area contributed by atoms with Crippen LogP contribution in [0.2, 0.25) is 0 Å². The lowest BCUT2D eigenvalue weighted by Gasteiger charge is -1.10. The van der Waals surface area contributed by atoms with Gasteiger partial charge in [0.05, 0.1) is 0 Å². The van der Waals surface area contributed by atoms with E-state index in [-0.39, 0.29) is 0 Å². The van der Waals surface area contributed by atoms with E-state index in [4.69, 9.17) is 0 Å². The largest absolute Gasteiger partial charge is 0.137 e. The Bertz CT molecular complexity index is 21.0. The van der Waals surface area contributed by atoms with Gasteiger partial charge >= 0.3 is 0 Å². The van der Waals surface area contributed by atoms with Gasteiger partial charge in [-0.05, 0) is 0 Å². The summed E-state index contributed by atoms with van der Waals surface area (Å²) in [5.74, 6) is 0. The summed E-state index contributed by atoms with van der Waals surface area (Å²) >= 11 is 0. The molecule has 0 saturated carbocycles. The van der Waals surface area contributed by atoms with Gasteiger partial charge in [0.2, 0.25) is 0 Å². The van der Waals surface area contributed by atoms with Gasteiger partial charge in [-0.15, -0.1) is 5.73 Å². The van der Waals surface area contributed by atoms with Crippen LogP contribution in [0.15, 0.2) is 18.9 Å². The van der Waals surface area contributed by atoms with Crippen molar-refractivity contribution < 1.29 is 0 Å². The molecule has 0 heterocycles. The highest BCUT2D eigenvalue weighted by Gasteiger charge is 0.938. The second-order valence-corrected chi connectivity index (χ2v) is 0.250. The minimum atomic E-state index is 2.00. The van der Waals surface area contributed by atoms with Gasteiger partial charge < -0.3 is 0 Å². The van der Waals surface area contributed by atoms with E-state index in [1.807, 2.05) is 55.4 Å². The third-order valence-electron chi connectivity index (χ3n) is 0. The van der Waals surface area contributed by atoms with Crippen molar-refractivity contribution in [3.05, 3.63) is 18.9 Å². The van der Waals surface area contributed by atoms with Gasteiger partial charge in [-0.1, -0.05) is 68.5 Å². The number of hydrogen-bond donors (Lipinski definition) is 0. The van der Waals surface area contributed by atoms with Crippen molar-refractivity contribution in [2.24, 2.45) is 0 Å². The summed E-state index contributed by atoms with van der Waals surface area (Å²) in [6, 6.07) is 0. The molecule has 0 fully saturated rings. The van der Waals surface area contributed by atoms with E-state index < -0.39 is 0 Å². The molecule has 0 aromatic carbocycles. The Kier molecular flexibility index (Phi) is 7270. The van der Waals surface area contributed by atoms with Crippen LogP contribution >= 0.6 is 0 Å². The number of rotatable bonds is 0. The summed E-state index contributed by atoms with van der Waals surface area (Å²) in [4.78, 5) is 0. The zero-order chi connectivity index (χ0) is 10.7. The fourth-order valence-electron chi connectivity index (χ4n) is 0. The van der Waals surface area contributed by atoms with Crippen molar-refractivity contribution in [2.75, 3.05) is 0 Å². The fraction of sp³-hybridized carbons (Fsp3) is 0.727. The van der Waals surface area contributed by atoms with Crippen LogP contribution in [0.4, 0.5) is 0 Å². The van der Waals surface area contributed by atoms with Gasteiger partial charge in [-0.25, -0.2) is 0 Å². The van der Waals surface area contributed by atoms with Crippen molar-refractivity contribution in [3.8, 4) is 0 Å². The molecule has 0 bridgehead atoms. The summed E-state index contributed by atoms with van der Waals surface area (Å²) in [5.41, 5.74) is 2.25. The first kappa shape index (κ1) is 31.3. The van der Waals surface area contributed by atoms with Crippen LogP contribution in [-0.2, 0) is 0 Å². The molecule has 11 heavy (non-hydrogen) atoms. The van der Waals surface area contributed by atoms with Crippen LogP contribution in [0.3, 0.4) is 0 Å². The molecule has 0 aliphatic heterocycles. The first-order valence-corrected chi connectivity index (χ1v) is 4.71. The Balaban J connectivity index is -0.0000000139. The van der Waals surface area contributed by atoms with Crippen molar-refractivity contribution in [1.29, 1.82) is 0 Å². The summed E-state index contributed by atoms with van der Waals surface area (Å²) in [5, 5.41) is 0. The van der Waals surface area contributed by atoms with Gasteiger partial charge in [-0.2, -0.15) is 0 Å². The Morgan fingerprint density at radius 2 is 0.545 bits per heavy atom. The van der Waals surface area contributed by atoms with Crippen LogP contribution in [0.5, 0.6) is 0 Å². The normalized spacial score (nSPS) is 2.91. The van der Waals surface area contributed by atoms with Crippen molar-refractivity contribution in [2.45, 2.75) is 55.4 Å². The number of hydrogen-bond acceptors (Lipinski definition) is 0. The third kappa shape index (κ3) is 2340. The fourth-order valence-corrected chi connectivity index (χ4v) is 0. The van der Waals surface area contributed by atoms with Gasteiger partial charge in [-0.3, -0.25) is 0 Å². The van der Waals surface area contributed by atoms with Gasteiger partial charge in [0.15, 0.2) is 0 Å². The predicted molar refractivity (Wildman–Crippen MR) is 60.2 cm³/mol. The molecular weight excluding hydrogens is 132 g/mol. The molecule has 0 aliphatic rings. The van der Waals surface area contributed by atoms with Crippen LogP contribution in [-0.4, -0.2) is 0 Å². The van der Waals surface area contributed by atoms with Crippen molar-refractivity contribution in [3.63, 3.8) is 0 Å². The summed E-state index contributed by atoms with van der Waals surface area (Å²) in [7, 11) is 0. The molecule has 72 valence electrons. The molecule has 0 rings (SSSR count). The minimum absolute atomic E-state index is 2.00. The molecule has 0 nitrogen and oxygen atoms in total. The van der Waals surface area contributed by atoms with E-state index >= 15 is 0 Å². The van der Waals surface area contributed by atoms with Gasteiger partial charge in [0.25, 0.3) is 0 Å². The molecule has 0 aromatic rings. The van der Waals surface area contributed by atoms with Crippen LogP contribution < -0.4 is 0 Å². The zero-order valence-electron chi connectivity index (χ0n) is 9.91. The van der Waals surface area contributed by atoms with Gasteiger partial charge in [0, 0.05) is 0 Å². The van der Waals surface area contributed by atoms with Crippen molar-refractivity contribution >= 4 is 0 Å². The maximum atomic E-state index is 3.12. The molecule has 0 N–H and O–H groups in total. The molecule has 0 aliphatic carbocycles. The van der Waals surface area contributed by atoms with Crippen LogP contribution in [0.25, 0.3) is 0 Å². The zero-order valence-corrected chi connectivity index (χ0v) is 9.91. The summed E-state index contributed by atoms with van der Waals surface area (Å²) < 4.78 is 0. The van der Waals surface area contributed by atoms with Crippen LogP contribution in [0, 0.1) is 0 Å².